The Morgan fingerprint density at radius 2 is 2.00 bits per heavy atom. The van der Waals surface area contributed by atoms with Crippen LogP contribution in [0.4, 0.5) is 11.6 Å². The molecule has 1 saturated carbocycles. The van der Waals surface area contributed by atoms with Gasteiger partial charge in [0.1, 0.15) is 0 Å². The van der Waals surface area contributed by atoms with E-state index in [9.17, 15) is 0 Å². The van der Waals surface area contributed by atoms with Gasteiger partial charge in [-0.1, -0.05) is 15.9 Å². The average Bonchev–Trinajstić information content (AvgIpc) is 3.07. The number of rotatable bonds is 3. The van der Waals surface area contributed by atoms with E-state index >= 15 is 0 Å². The third-order valence-electron chi connectivity index (χ3n) is 2.89. The number of aryl methyl sites for hydroxylation is 1. The Hall–Kier alpha value is -1.29. The number of hydrogen-bond donors (Lipinski definition) is 1. The average molecular weight is 292 g/mol. The number of anilines is 2. The quantitative estimate of drug-likeness (QED) is 0.925. The molecule has 17 heavy (non-hydrogen) atoms. The Balaban J connectivity index is 1.86. The first-order valence-corrected chi connectivity index (χ1v) is 6.60. The first-order valence-electron chi connectivity index (χ1n) is 5.80. The van der Waals surface area contributed by atoms with E-state index in [4.69, 9.17) is 0 Å². The van der Waals surface area contributed by atoms with E-state index in [0.29, 0.717) is 6.04 Å². The van der Waals surface area contributed by atoms with Crippen molar-refractivity contribution >= 4 is 27.6 Å². The van der Waals surface area contributed by atoms with Gasteiger partial charge in [-0.25, -0.2) is 4.98 Å². The van der Waals surface area contributed by atoms with Crippen LogP contribution < -0.4 is 5.32 Å². The summed E-state index contributed by atoms with van der Waals surface area (Å²) in [6.07, 6.45) is 4.66. The summed E-state index contributed by atoms with van der Waals surface area (Å²) in [6.45, 7) is 2.03. The van der Waals surface area contributed by atoms with Gasteiger partial charge in [0.25, 0.3) is 0 Å². The van der Waals surface area contributed by atoms with Crippen LogP contribution in [-0.2, 0) is 0 Å². The molecule has 1 heterocycles. The summed E-state index contributed by atoms with van der Waals surface area (Å²) in [7, 11) is 0. The van der Waals surface area contributed by atoms with Crippen molar-refractivity contribution in [3.63, 3.8) is 0 Å². The zero-order valence-electron chi connectivity index (χ0n) is 9.65. The van der Waals surface area contributed by atoms with Crippen LogP contribution >= 0.6 is 15.9 Å². The van der Waals surface area contributed by atoms with Crippen molar-refractivity contribution in [2.24, 2.45) is 0 Å². The summed E-state index contributed by atoms with van der Waals surface area (Å²) in [5, 5.41) is 3.37. The number of halogens is 1. The van der Waals surface area contributed by atoms with Crippen molar-refractivity contribution < 1.29 is 0 Å². The zero-order valence-corrected chi connectivity index (χ0v) is 11.2. The molecule has 1 aromatic carbocycles. The van der Waals surface area contributed by atoms with Crippen molar-refractivity contribution in [1.29, 1.82) is 0 Å². The number of hydrogen-bond acceptors (Lipinski definition) is 2. The molecule has 3 rings (SSSR count). The normalized spacial score (nSPS) is 14.9. The van der Waals surface area contributed by atoms with Crippen molar-refractivity contribution in [2.45, 2.75) is 25.8 Å². The molecule has 0 bridgehead atoms. The maximum atomic E-state index is 4.53. The first-order chi connectivity index (χ1) is 8.22. The van der Waals surface area contributed by atoms with Gasteiger partial charge in [0.15, 0.2) is 0 Å². The van der Waals surface area contributed by atoms with E-state index in [-0.39, 0.29) is 0 Å². The topological polar surface area (TPSA) is 29.9 Å². The highest BCUT2D eigenvalue weighted by Crippen LogP contribution is 2.37. The Bertz CT molecular complexity index is 526. The number of imidazole rings is 1. The molecule has 4 heteroatoms. The SMILES string of the molecule is Cc1cn(C2CC2)c(Nc2ccc(Br)cc2)n1. The van der Waals surface area contributed by atoms with E-state index in [0.717, 1.165) is 21.8 Å². The molecule has 1 aliphatic carbocycles. The lowest BCUT2D eigenvalue weighted by Gasteiger charge is -2.08. The molecule has 1 aromatic heterocycles. The van der Waals surface area contributed by atoms with Gasteiger partial charge in [0, 0.05) is 22.4 Å². The van der Waals surface area contributed by atoms with Crippen molar-refractivity contribution in [2.75, 3.05) is 5.32 Å². The van der Waals surface area contributed by atoms with Gasteiger partial charge in [0.05, 0.1) is 5.69 Å². The minimum atomic E-state index is 0.647. The number of nitrogens with zero attached hydrogens (tertiary/aromatic N) is 2. The molecule has 0 saturated heterocycles. The van der Waals surface area contributed by atoms with Crippen LogP contribution in [0.5, 0.6) is 0 Å². The summed E-state index contributed by atoms with van der Waals surface area (Å²) in [4.78, 5) is 4.53. The standard InChI is InChI=1S/C13H14BrN3/c1-9-8-17(12-6-7-12)13(15-9)16-11-4-2-10(14)3-5-11/h2-5,8,12H,6-7H2,1H3,(H,15,16). The lowest BCUT2D eigenvalue weighted by atomic mass is 10.3. The lowest BCUT2D eigenvalue weighted by molar-refractivity contribution is 0.750. The van der Waals surface area contributed by atoms with Crippen LogP contribution in [0, 0.1) is 6.92 Å². The Morgan fingerprint density at radius 3 is 2.65 bits per heavy atom. The molecule has 3 nitrogen and oxygen atoms in total. The maximum absolute atomic E-state index is 4.53. The third kappa shape index (κ3) is 2.36. The van der Waals surface area contributed by atoms with E-state index in [1.165, 1.54) is 12.8 Å². The largest absolute Gasteiger partial charge is 0.326 e. The molecule has 0 aliphatic heterocycles. The molecule has 1 aliphatic rings. The molecular formula is C13H14BrN3. The second kappa shape index (κ2) is 4.18. The van der Waals surface area contributed by atoms with Crippen LogP contribution in [0.15, 0.2) is 34.9 Å². The van der Waals surface area contributed by atoms with E-state index in [2.05, 4.69) is 37.0 Å². The van der Waals surface area contributed by atoms with E-state index in [1.54, 1.807) is 0 Å². The van der Waals surface area contributed by atoms with Gasteiger partial charge < -0.3 is 9.88 Å². The lowest BCUT2D eigenvalue weighted by Crippen LogP contribution is -2.00. The first kappa shape index (κ1) is 10.8. The molecule has 2 aromatic rings. The highest BCUT2D eigenvalue weighted by atomic mass is 79.9. The fraction of sp³-hybridized carbons (Fsp3) is 0.308. The molecule has 0 radical (unpaired) electrons. The minimum Gasteiger partial charge on any atom is -0.326 e. The van der Waals surface area contributed by atoms with Gasteiger partial charge in [-0.05, 0) is 44.0 Å². The van der Waals surface area contributed by atoms with E-state index in [1.807, 2.05) is 31.2 Å². The molecule has 0 spiro atoms. The predicted molar refractivity (Wildman–Crippen MR) is 72.7 cm³/mol. The van der Waals surface area contributed by atoms with Crippen LogP contribution in [0.2, 0.25) is 0 Å². The molecule has 1 fully saturated rings. The van der Waals surface area contributed by atoms with Crippen molar-refractivity contribution in [3.05, 3.63) is 40.6 Å². The van der Waals surface area contributed by atoms with Gasteiger partial charge in [-0.15, -0.1) is 0 Å². The van der Waals surface area contributed by atoms with Crippen LogP contribution in [0.3, 0.4) is 0 Å². The smallest absolute Gasteiger partial charge is 0.207 e. The minimum absolute atomic E-state index is 0.647. The maximum Gasteiger partial charge on any atom is 0.207 e. The van der Waals surface area contributed by atoms with E-state index < -0.39 is 0 Å². The van der Waals surface area contributed by atoms with Gasteiger partial charge in [0.2, 0.25) is 5.95 Å². The summed E-state index contributed by atoms with van der Waals surface area (Å²) < 4.78 is 3.34. The fourth-order valence-electron chi connectivity index (χ4n) is 1.90. The number of benzene rings is 1. The monoisotopic (exact) mass is 291 g/mol. The molecule has 88 valence electrons. The second-order valence-corrected chi connectivity index (χ2v) is 5.39. The Labute approximate surface area is 109 Å². The fourth-order valence-corrected chi connectivity index (χ4v) is 2.17. The summed E-state index contributed by atoms with van der Waals surface area (Å²) in [5.74, 6) is 0.951. The highest BCUT2D eigenvalue weighted by Gasteiger charge is 2.26. The molecule has 0 amide bonds. The van der Waals surface area contributed by atoms with Crippen molar-refractivity contribution in [1.82, 2.24) is 9.55 Å². The summed E-state index contributed by atoms with van der Waals surface area (Å²) in [5.41, 5.74) is 2.14. The molecular weight excluding hydrogens is 278 g/mol. The van der Waals surface area contributed by atoms with Crippen molar-refractivity contribution in [3.8, 4) is 0 Å². The third-order valence-corrected chi connectivity index (χ3v) is 3.42. The summed E-state index contributed by atoms with van der Waals surface area (Å²) >= 11 is 3.43. The van der Waals surface area contributed by atoms with Gasteiger partial charge in [-0.2, -0.15) is 0 Å². The number of aromatic nitrogens is 2. The second-order valence-electron chi connectivity index (χ2n) is 4.48. The van der Waals surface area contributed by atoms with Crippen LogP contribution in [-0.4, -0.2) is 9.55 Å². The molecule has 1 N–H and O–H groups in total. The summed E-state index contributed by atoms with van der Waals surface area (Å²) in [6, 6.07) is 8.80. The van der Waals surface area contributed by atoms with Gasteiger partial charge in [-0.3, -0.25) is 0 Å². The number of nitrogens with one attached hydrogen (secondary N) is 1. The van der Waals surface area contributed by atoms with Crippen LogP contribution in [0.25, 0.3) is 0 Å². The Morgan fingerprint density at radius 1 is 1.29 bits per heavy atom. The van der Waals surface area contributed by atoms with Crippen LogP contribution in [0.1, 0.15) is 24.6 Å². The molecule has 0 atom stereocenters. The Kier molecular flexibility index (Phi) is 2.67. The zero-order chi connectivity index (χ0) is 11.8. The predicted octanol–water partition coefficient (Wildman–Crippen LogP) is 4.03. The highest BCUT2D eigenvalue weighted by molar-refractivity contribution is 9.10. The molecule has 0 unspecified atom stereocenters. The van der Waals surface area contributed by atoms with Gasteiger partial charge >= 0.3 is 0 Å².